The second-order valence-electron chi connectivity index (χ2n) is 23.7. The molecule has 1 saturated carbocycles. The Morgan fingerprint density at radius 2 is 1.63 bits per heavy atom. The molecule has 1 aromatic heterocycles. The van der Waals surface area contributed by atoms with Gasteiger partial charge in [0.25, 0.3) is 0 Å². The molecule has 4 heterocycles. The Morgan fingerprint density at radius 1 is 0.923 bits per heavy atom. The first-order chi connectivity index (χ1) is 36.6. The topological polar surface area (TPSA) is 256 Å². The molecule has 4 fully saturated rings. The van der Waals surface area contributed by atoms with Crippen molar-refractivity contribution in [1.29, 1.82) is 0 Å². The highest BCUT2D eigenvalue weighted by atomic mass is 16.7. The van der Waals surface area contributed by atoms with Crippen molar-refractivity contribution in [2.75, 3.05) is 61.2 Å². The van der Waals surface area contributed by atoms with E-state index < -0.39 is 107 Å². The fraction of sp³-hybridized carbons (Fsp3) is 0.789. The molecule has 442 valence electrons. The molecule has 1 aromatic carbocycles. The number of likely N-dealkylation sites (N-methyl/N-ethyl adjacent to an activating group) is 1. The lowest BCUT2D eigenvalue weighted by molar-refractivity contribution is -0.307. The molecule has 17 atom stereocenters. The zero-order valence-corrected chi connectivity index (χ0v) is 48.6. The molecular weight excluding hydrogens is 1010 g/mol. The van der Waals surface area contributed by atoms with Gasteiger partial charge in [-0.1, -0.05) is 20.8 Å². The smallest absolute Gasteiger partial charge is 0.407 e. The van der Waals surface area contributed by atoms with E-state index in [9.17, 15) is 39.6 Å². The van der Waals surface area contributed by atoms with Gasteiger partial charge in [0.05, 0.1) is 53.4 Å². The molecule has 21 heteroatoms. The molecule has 2 aromatic rings. The highest BCUT2D eigenvalue weighted by Gasteiger charge is 2.53. The van der Waals surface area contributed by atoms with Gasteiger partial charge in [0.15, 0.2) is 18.7 Å². The third-order valence-corrected chi connectivity index (χ3v) is 16.7. The van der Waals surface area contributed by atoms with Crippen LogP contribution in [0.5, 0.6) is 5.75 Å². The number of nitrogens with one attached hydrogen (secondary N) is 1. The van der Waals surface area contributed by atoms with E-state index in [0.717, 1.165) is 19.3 Å². The van der Waals surface area contributed by atoms with E-state index in [4.69, 9.17) is 42.6 Å². The third-order valence-electron chi connectivity index (χ3n) is 16.7. The van der Waals surface area contributed by atoms with Crippen LogP contribution >= 0.6 is 0 Å². The number of carboxylic acids is 1. The van der Waals surface area contributed by atoms with Gasteiger partial charge in [0.1, 0.15) is 41.3 Å². The van der Waals surface area contributed by atoms with Crippen molar-refractivity contribution >= 4 is 28.9 Å². The van der Waals surface area contributed by atoms with Crippen LogP contribution in [0.2, 0.25) is 0 Å². The number of ether oxygens (including phenoxy) is 9. The first-order valence-corrected chi connectivity index (χ1v) is 28.1. The maximum atomic E-state index is 14.6. The van der Waals surface area contributed by atoms with Crippen LogP contribution in [-0.2, 0) is 42.7 Å². The Bertz CT molecular complexity index is 2380. The minimum atomic E-state index is -1.84. The summed E-state index contributed by atoms with van der Waals surface area (Å²) in [5.74, 6) is -3.45. The average Bonchev–Trinajstić information content (AvgIpc) is 4.23. The van der Waals surface area contributed by atoms with Gasteiger partial charge in [-0.05, 0) is 132 Å². The second kappa shape index (κ2) is 26.7. The van der Waals surface area contributed by atoms with Crippen LogP contribution in [0.25, 0.3) is 10.9 Å². The number of aromatic carboxylic acids is 1. The van der Waals surface area contributed by atoms with Crippen molar-refractivity contribution in [1.82, 2.24) is 19.7 Å². The summed E-state index contributed by atoms with van der Waals surface area (Å²) in [6, 6.07) is 4.84. The number of hydrogen-bond donors (Lipinski definition) is 5. The summed E-state index contributed by atoms with van der Waals surface area (Å²) in [4.78, 5) is 56.8. The lowest BCUT2D eigenvalue weighted by Gasteiger charge is -2.48. The summed E-state index contributed by atoms with van der Waals surface area (Å²) in [7, 11) is 7.40. The number of fused-ring (bicyclic) bond motifs is 1. The fourth-order valence-electron chi connectivity index (χ4n) is 12.0. The molecule has 4 aliphatic rings. The Morgan fingerprint density at radius 3 is 2.27 bits per heavy atom. The monoisotopic (exact) mass is 1100 g/mol. The molecule has 1 amide bonds. The molecule has 1 aliphatic carbocycles. The van der Waals surface area contributed by atoms with E-state index in [1.165, 1.54) is 20.2 Å². The van der Waals surface area contributed by atoms with Crippen molar-refractivity contribution in [3.8, 4) is 5.75 Å². The number of aliphatic hydroxyl groups is 3. The summed E-state index contributed by atoms with van der Waals surface area (Å²) in [6.45, 7) is 19.3. The van der Waals surface area contributed by atoms with Crippen LogP contribution in [-0.4, -0.2) is 198 Å². The molecule has 78 heavy (non-hydrogen) atoms. The van der Waals surface area contributed by atoms with Crippen LogP contribution < -0.4 is 15.5 Å². The summed E-state index contributed by atoms with van der Waals surface area (Å²) in [6.07, 6.45) is -3.07. The van der Waals surface area contributed by atoms with Crippen LogP contribution in [0.3, 0.4) is 0 Å². The Kier molecular flexibility index (Phi) is 21.6. The van der Waals surface area contributed by atoms with Gasteiger partial charge in [-0.15, -0.1) is 0 Å². The van der Waals surface area contributed by atoms with Gasteiger partial charge < -0.3 is 82.7 Å². The first-order valence-electron chi connectivity index (χ1n) is 28.1. The molecule has 21 nitrogen and oxygen atoms in total. The SMILES string of the molecule is CC[C@H]1OC(=O)[C@H](C)[C@@H](O[C@H]2C[C@@](C)(OC)[C@@H](OC(=O)NCCCOCCOc3ccc4c(c3)c(=O)c(C(=O)O)cn4C3CC3)[C@H](C)O2)[C@H](C)[C@@H](O[C@H]2C[C@@H](N(C)C)C[C@@H](C)O2)[C@](C)(O)C[C@@H](C)CN(C)[C@H](C)[C@@H](O)[C@]1(C)O. The van der Waals surface area contributed by atoms with Crippen molar-refractivity contribution in [3.05, 3.63) is 40.2 Å². The predicted molar refractivity (Wildman–Crippen MR) is 289 cm³/mol. The largest absolute Gasteiger partial charge is 0.491 e. The number of aliphatic hydroxyl groups excluding tert-OH is 1. The number of amides is 1. The number of pyridine rings is 1. The molecule has 6 rings (SSSR count). The number of alkyl carbamates (subject to hydrolysis) is 1. The fourth-order valence-corrected chi connectivity index (χ4v) is 12.0. The predicted octanol–water partition coefficient (Wildman–Crippen LogP) is 5.50. The summed E-state index contributed by atoms with van der Waals surface area (Å²) < 4.78 is 58.5. The minimum absolute atomic E-state index is 0.0587. The Labute approximate surface area is 460 Å². The third kappa shape index (κ3) is 15.3. The average molecular weight is 1110 g/mol. The summed E-state index contributed by atoms with van der Waals surface area (Å²) >= 11 is 0. The number of rotatable bonds is 18. The normalized spacial score (nSPS) is 36.8. The van der Waals surface area contributed by atoms with Gasteiger partial charge in [-0.3, -0.25) is 9.59 Å². The maximum absolute atomic E-state index is 14.6. The number of esters is 1. The number of benzene rings is 1. The maximum Gasteiger partial charge on any atom is 0.407 e. The van der Waals surface area contributed by atoms with E-state index in [2.05, 4.69) is 10.2 Å². The lowest BCUT2D eigenvalue weighted by atomic mass is 9.77. The lowest BCUT2D eigenvalue weighted by Crippen LogP contribution is -2.60. The quantitative estimate of drug-likeness (QED) is 0.0913. The molecule has 0 bridgehead atoms. The standard InChI is InChI=1S/C57H92N4O17/c1-15-44-57(10,69)49(63)36(6)60(13)30-32(2)28-55(8,68)50(77-45-26-39(59(11)12)25-33(3)73-45)34(4)48(35(5)53(66)75-44)76-46-29-56(9,70-14)51(37(7)74-46)78-54(67)58-21-16-22-71-23-24-72-40-19-20-43-41(27-40)47(62)42(52(64)65)31-61(43)38-17-18-38/h19-20,27,31-39,44-46,48-51,63,68-69H,15-18,21-26,28-30H2,1-14H3,(H,58,67)(H,64,65)/t32-,33-,34+,35-,36-,37+,39+,44-,45+,46+,48+,49-,50-,51+,55-,56-,57-/m1/s1. The van der Waals surface area contributed by atoms with Crippen molar-refractivity contribution in [3.63, 3.8) is 0 Å². The second-order valence-corrected chi connectivity index (χ2v) is 23.7. The van der Waals surface area contributed by atoms with E-state index in [1.54, 1.807) is 52.8 Å². The molecular formula is C57H92N4O17. The molecule has 3 saturated heterocycles. The summed E-state index contributed by atoms with van der Waals surface area (Å²) in [5, 5.41) is 49.0. The minimum Gasteiger partial charge on any atom is -0.491 e. The van der Waals surface area contributed by atoms with Gasteiger partial charge in [0.2, 0.25) is 5.43 Å². The Balaban J connectivity index is 1.11. The summed E-state index contributed by atoms with van der Waals surface area (Å²) in [5.41, 5.74) is -4.68. The number of carboxylic acid groups (broad SMARTS) is 1. The highest BCUT2D eigenvalue weighted by Crippen LogP contribution is 2.41. The number of aromatic nitrogens is 1. The van der Waals surface area contributed by atoms with Crippen molar-refractivity contribution in [2.45, 2.75) is 211 Å². The molecule has 3 aliphatic heterocycles. The van der Waals surface area contributed by atoms with Gasteiger partial charge in [-0.2, -0.15) is 0 Å². The molecule has 0 spiro atoms. The number of methoxy groups -OCH3 is 1. The molecule has 0 unspecified atom stereocenters. The van der Waals surface area contributed by atoms with Crippen LogP contribution in [0.1, 0.15) is 137 Å². The van der Waals surface area contributed by atoms with E-state index in [1.807, 2.05) is 58.3 Å². The van der Waals surface area contributed by atoms with E-state index in [-0.39, 0.29) is 74.1 Å². The zero-order chi connectivity index (χ0) is 57.6. The van der Waals surface area contributed by atoms with Crippen LogP contribution in [0.15, 0.2) is 29.2 Å². The number of hydrogen-bond acceptors (Lipinski definition) is 18. The number of carbonyl (C=O) groups excluding carboxylic acids is 2. The number of nitrogens with zero attached hydrogens (tertiary/aromatic N) is 3. The first kappa shape index (κ1) is 63.2. The molecule has 0 radical (unpaired) electrons. The van der Waals surface area contributed by atoms with Gasteiger partial charge in [0, 0.05) is 69.9 Å². The van der Waals surface area contributed by atoms with Crippen molar-refractivity contribution < 1.29 is 77.4 Å². The van der Waals surface area contributed by atoms with E-state index in [0.29, 0.717) is 37.3 Å². The van der Waals surface area contributed by atoms with E-state index >= 15 is 0 Å². The number of carbonyl (C=O) groups is 3. The molecule has 5 N–H and O–H groups in total. The van der Waals surface area contributed by atoms with Crippen LogP contribution in [0, 0.1) is 17.8 Å². The Hall–Kier alpha value is -4.00. The number of cyclic esters (lactones) is 1. The highest BCUT2D eigenvalue weighted by molar-refractivity contribution is 5.93. The van der Waals surface area contributed by atoms with Crippen molar-refractivity contribution in [2.24, 2.45) is 17.8 Å². The van der Waals surface area contributed by atoms with Crippen LogP contribution in [0.4, 0.5) is 4.79 Å². The van der Waals surface area contributed by atoms with Gasteiger partial charge in [-0.25, -0.2) is 9.59 Å². The zero-order valence-electron chi connectivity index (χ0n) is 48.6. The van der Waals surface area contributed by atoms with Gasteiger partial charge >= 0.3 is 18.0 Å².